The van der Waals surface area contributed by atoms with E-state index in [4.69, 9.17) is 9.47 Å². The molecular formula is C46H86O2. The largest absolute Gasteiger partial charge is 0.493 e. The van der Waals surface area contributed by atoms with Gasteiger partial charge in [-0.25, -0.2) is 0 Å². The van der Waals surface area contributed by atoms with Crippen LogP contribution in [-0.4, -0.2) is 13.2 Å². The molecule has 0 N–H and O–H groups in total. The quantitative estimate of drug-likeness (QED) is 0.0758. The second-order valence-corrected chi connectivity index (χ2v) is 17.1. The summed E-state index contributed by atoms with van der Waals surface area (Å²) in [5.41, 5.74) is 5.82. The lowest BCUT2D eigenvalue weighted by atomic mass is 9.73. The Hall–Kier alpha value is -1.18. The van der Waals surface area contributed by atoms with Crippen molar-refractivity contribution in [1.82, 2.24) is 0 Å². The molecule has 0 spiro atoms. The van der Waals surface area contributed by atoms with Gasteiger partial charge < -0.3 is 9.47 Å². The first-order chi connectivity index (χ1) is 23.0. The third-order valence-corrected chi connectivity index (χ3v) is 10.2. The van der Waals surface area contributed by atoms with Crippen LogP contribution >= 0.6 is 0 Å². The maximum Gasteiger partial charge on any atom is 0.127 e. The topological polar surface area (TPSA) is 18.5 Å². The van der Waals surface area contributed by atoms with E-state index in [9.17, 15) is 0 Å². The molecule has 0 aliphatic rings. The van der Waals surface area contributed by atoms with E-state index >= 15 is 0 Å². The number of hydrogen-bond acceptors (Lipinski definition) is 2. The molecule has 2 heteroatoms. The molecule has 0 fully saturated rings. The molecule has 1 aromatic rings. The van der Waals surface area contributed by atoms with Crippen molar-refractivity contribution in [3.8, 4) is 11.5 Å². The van der Waals surface area contributed by atoms with Gasteiger partial charge in [0.15, 0.2) is 0 Å². The van der Waals surface area contributed by atoms with Crippen LogP contribution in [0.25, 0.3) is 0 Å². The summed E-state index contributed by atoms with van der Waals surface area (Å²) in [7, 11) is 0. The molecule has 0 aliphatic carbocycles. The summed E-state index contributed by atoms with van der Waals surface area (Å²) in [6.45, 7) is 25.4. The maximum absolute atomic E-state index is 7.11. The zero-order valence-corrected chi connectivity index (χ0v) is 34.6. The van der Waals surface area contributed by atoms with E-state index in [1.165, 1.54) is 175 Å². The first-order valence-electron chi connectivity index (χ1n) is 21.5. The Kier molecular flexibility index (Phi) is 24.9. The van der Waals surface area contributed by atoms with Crippen molar-refractivity contribution in [3.05, 3.63) is 22.3 Å². The number of hydrogen-bond donors (Lipinski definition) is 0. The lowest BCUT2D eigenvalue weighted by Crippen LogP contribution is -2.25. The number of benzene rings is 1. The highest BCUT2D eigenvalue weighted by molar-refractivity contribution is 5.63. The van der Waals surface area contributed by atoms with Gasteiger partial charge in [-0.15, -0.1) is 0 Å². The zero-order valence-electron chi connectivity index (χ0n) is 34.6. The van der Waals surface area contributed by atoms with Crippen LogP contribution in [0.5, 0.6) is 11.5 Å². The lowest BCUT2D eigenvalue weighted by Gasteiger charge is -2.36. The monoisotopic (exact) mass is 671 g/mol. The minimum Gasteiger partial charge on any atom is -0.493 e. The van der Waals surface area contributed by atoms with Crippen LogP contribution in [0.2, 0.25) is 0 Å². The molecule has 0 radical (unpaired) electrons. The van der Waals surface area contributed by atoms with Gasteiger partial charge in [-0.05, 0) is 49.4 Å². The molecular weight excluding hydrogens is 585 g/mol. The Morgan fingerprint density at radius 1 is 0.333 bits per heavy atom. The second kappa shape index (κ2) is 26.6. The third kappa shape index (κ3) is 18.2. The van der Waals surface area contributed by atoms with E-state index in [-0.39, 0.29) is 10.8 Å². The van der Waals surface area contributed by atoms with Gasteiger partial charge in [0.1, 0.15) is 11.5 Å². The van der Waals surface area contributed by atoms with Gasteiger partial charge in [0, 0.05) is 22.3 Å². The fourth-order valence-corrected chi connectivity index (χ4v) is 7.46. The van der Waals surface area contributed by atoms with Crippen LogP contribution < -0.4 is 9.47 Å². The van der Waals surface area contributed by atoms with Crippen LogP contribution in [0.4, 0.5) is 0 Å². The summed E-state index contributed by atoms with van der Waals surface area (Å²) >= 11 is 0. The van der Waals surface area contributed by atoms with E-state index in [0.717, 1.165) is 38.9 Å². The summed E-state index contributed by atoms with van der Waals surface area (Å²) < 4.78 is 14.2. The summed E-state index contributed by atoms with van der Waals surface area (Å²) in [6.07, 6.45) is 33.5. The van der Waals surface area contributed by atoms with E-state index in [0.29, 0.717) is 0 Å². The summed E-state index contributed by atoms with van der Waals surface area (Å²) in [5.74, 6) is 2.48. The van der Waals surface area contributed by atoms with Crippen LogP contribution in [0.3, 0.4) is 0 Å². The first-order valence-corrected chi connectivity index (χ1v) is 21.5. The Morgan fingerprint density at radius 3 is 0.854 bits per heavy atom. The van der Waals surface area contributed by atoms with E-state index < -0.39 is 0 Å². The number of unbranched alkanes of at least 4 members (excludes halogenated alkanes) is 20. The Bertz CT molecular complexity index is 840. The smallest absolute Gasteiger partial charge is 0.127 e. The lowest BCUT2D eigenvalue weighted by molar-refractivity contribution is 0.276. The predicted octanol–water partition coefficient (Wildman–Crippen LogP) is 15.6. The van der Waals surface area contributed by atoms with Crippen molar-refractivity contribution in [2.24, 2.45) is 0 Å². The van der Waals surface area contributed by atoms with Crippen molar-refractivity contribution in [2.75, 3.05) is 13.2 Å². The number of rotatable bonds is 30. The van der Waals surface area contributed by atoms with Crippen molar-refractivity contribution >= 4 is 0 Å². The summed E-state index contributed by atoms with van der Waals surface area (Å²) in [5, 5.41) is 0. The van der Waals surface area contributed by atoms with Gasteiger partial charge in [-0.1, -0.05) is 198 Å². The predicted molar refractivity (Wildman–Crippen MR) is 216 cm³/mol. The molecule has 1 rings (SSSR count). The molecule has 0 saturated carbocycles. The molecule has 48 heavy (non-hydrogen) atoms. The molecule has 0 atom stereocenters. The van der Waals surface area contributed by atoms with Crippen molar-refractivity contribution in [3.63, 3.8) is 0 Å². The van der Waals surface area contributed by atoms with Gasteiger partial charge in [0.2, 0.25) is 0 Å². The Balaban J connectivity index is 3.67. The fraction of sp³-hybridized carbons (Fsp3) is 0.870. The highest BCUT2D eigenvalue weighted by Crippen LogP contribution is 2.50. The zero-order chi connectivity index (χ0) is 35.7. The van der Waals surface area contributed by atoms with E-state index in [1.807, 2.05) is 0 Å². The molecule has 0 amide bonds. The minimum atomic E-state index is -0.0153. The van der Waals surface area contributed by atoms with Gasteiger partial charge in [-0.3, -0.25) is 0 Å². The van der Waals surface area contributed by atoms with Crippen LogP contribution in [0, 0.1) is 0 Å². The Morgan fingerprint density at radius 2 is 0.583 bits per heavy atom. The fourth-order valence-electron chi connectivity index (χ4n) is 7.46. The molecule has 2 nitrogen and oxygen atoms in total. The van der Waals surface area contributed by atoms with E-state index in [2.05, 4.69) is 69.2 Å². The molecule has 0 heterocycles. The highest BCUT2D eigenvalue weighted by atomic mass is 16.5. The molecule has 0 saturated heterocycles. The summed E-state index contributed by atoms with van der Waals surface area (Å²) in [6, 6.07) is 0. The second-order valence-electron chi connectivity index (χ2n) is 17.1. The van der Waals surface area contributed by atoms with Crippen LogP contribution in [-0.2, 0) is 23.7 Å². The van der Waals surface area contributed by atoms with Crippen molar-refractivity contribution < 1.29 is 9.47 Å². The first kappa shape index (κ1) is 44.8. The average molecular weight is 671 g/mol. The van der Waals surface area contributed by atoms with Gasteiger partial charge in [-0.2, -0.15) is 0 Å². The maximum atomic E-state index is 7.11. The normalized spacial score (nSPS) is 12.2. The standard InChI is InChI=1S/C46H86O2/c1-11-15-19-23-27-31-35-39-41(45(5,6)7)44(48-38-34-30-26-22-18-14-4)40(36-32-28-24-20-16-12-2)42(46(8,9)10)43(39)47-37-33-29-25-21-17-13-3/h11-38H2,1-10H3. The molecule has 0 aliphatic heterocycles. The van der Waals surface area contributed by atoms with Crippen LogP contribution in [0.15, 0.2) is 0 Å². The molecule has 282 valence electrons. The number of ether oxygens (including phenoxy) is 2. The van der Waals surface area contributed by atoms with E-state index in [1.54, 1.807) is 0 Å². The average Bonchev–Trinajstić information content (AvgIpc) is 3.02. The van der Waals surface area contributed by atoms with Gasteiger partial charge in [0.05, 0.1) is 13.2 Å². The summed E-state index contributed by atoms with van der Waals surface area (Å²) in [4.78, 5) is 0. The SMILES string of the molecule is CCCCCCCCOc1c(CCCCCCCC)c(C(C)(C)C)c(OCCCCCCCC)c(CCCCCCCC)c1C(C)(C)C. The van der Waals surface area contributed by atoms with Crippen molar-refractivity contribution in [1.29, 1.82) is 0 Å². The van der Waals surface area contributed by atoms with Crippen LogP contribution in [0.1, 0.15) is 246 Å². The molecule has 0 unspecified atom stereocenters. The van der Waals surface area contributed by atoms with Crippen molar-refractivity contribution in [2.45, 2.75) is 247 Å². The highest BCUT2D eigenvalue weighted by Gasteiger charge is 2.35. The molecule has 0 aromatic heterocycles. The Labute approximate surface area is 302 Å². The molecule has 0 bridgehead atoms. The van der Waals surface area contributed by atoms with Gasteiger partial charge >= 0.3 is 0 Å². The molecule has 1 aromatic carbocycles. The minimum absolute atomic E-state index is 0.0153. The third-order valence-electron chi connectivity index (χ3n) is 10.2. The van der Waals surface area contributed by atoms with Gasteiger partial charge in [0.25, 0.3) is 0 Å².